The molecule has 0 aromatic heterocycles. The molecule has 44 valence electrons. The Labute approximate surface area is 109 Å². The monoisotopic (exact) mass is 274 g/mol. The van der Waals surface area contributed by atoms with Crippen molar-refractivity contribution in [3.63, 3.8) is 0 Å². The van der Waals surface area contributed by atoms with E-state index in [1.54, 1.807) is 0 Å². The van der Waals surface area contributed by atoms with Crippen LogP contribution in [-0.2, 0) is 10.4 Å². The van der Waals surface area contributed by atoms with Crippen LogP contribution >= 0.6 is 24.0 Å². The van der Waals surface area contributed by atoms with Crippen LogP contribution < -0.4 is 0 Å². The molecule has 0 fully saturated rings. The molecule has 8 heteroatoms. The van der Waals surface area contributed by atoms with Crippen LogP contribution in [0.4, 0.5) is 0 Å². The SMILES string of the molecule is I.O=S(=O)(O)O.[NaH].[NaH]. The van der Waals surface area contributed by atoms with Crippen LogP contribution in [-0.4, -0.2) is 76.6 Å². The van der Waals surface area contributed by atoms with E-state index < -0.39 is 10.4 Å². The predicted octanol–water partition coefficient (Wildman–Crippen LogP) is -1.33. The van der Waals surface area contributed by atoms with Crippen molar-refractivity contribution in [2.45, 2.75) is 0 Å². The number of hydrogen-bond donors (Lipinski definition) is 2. The van der Waals surface area contributed by atoms with Crippen LogP contribution in [0.25, 0.3) is 0 Å². The van der Waals surface area contributed by atoms with Gasteiger partial charge in [0.25, 0.3) is 0 Å². The van der Waals surface area contributed by atoms with E-state index in [1.807, 2.05) is 0 Å². The minimum atomic E-state index is -4.67. The van der Waals surface area contributed by atoms with Crippen LogP contribution in [0.15, 0.2) is 0 Å². The first kappa shape index (κ1) is 22.4. The van der Waals surface area contributed by atoms with Crippen LogP contribution in [0.2, 0.25) is 0 Å². The van der Waals surface area contributed by atoms with Gasteiger partial charge in [-0.1, -0.05) is 0 Å². The van der Waals surface area contributed by atoms with Gasteiger partial charge in [0.15, 0.2) is 0 Å². The number of hydrogen-bond acceptors (Lipinski definition) is 2. The third-order valence-corrected chi connectivity index (χ3v) is 0. The molecule has 0 aliphatic rings. The Bertz CT molecular complexity index is 97.2. The van der Waals surface area contributed by atoms with Gasteiger partial charge in [-0.3, -0.25) is 9.11 Å². The van der Waals surface area contributed by atoms with Crippen LogP contribution in [0, 0.1) is 0 Å². The summed E-state index contributed by atoms with van der Waals surface area (Å²) in [5, 5.41) is 0. The second-order valence-corrected chi connectivity index (χ2v) is 1.34. The molecule has 0 rings (SSSR count). The molecule has 0 atom stereocenters. The normalized spacial score (nSPS) is 7.25. The Morgan fingerprint density at radius 2 is 1.00 bits per heavy atom. The van der Waals surface area contributed by atoms with Crippen LogP contribution in [0.5, 0.6) is 0 Å². The van der Waals surface area contributed by atoms with Gasteiger partial charge < -0.3 is 0 Å². The fraction of sp³-hybridized carbons (Fsp3) is 0. The molecule has 0 aliphatic carbocycles. The summed E-state index contributed by atoms with van der Waals surface area (Å²) in [6.07, 6.45) is 0. The molecule has 4 nitrogen and oxygen atoms in total. The van der Waals surface area contributed by atoms with Gasteiger partial charge in [0.2, 0.25) is 0 Å². The Kier molecular flexibility index (Phi) is 26.9. The van der Waals surface area contributed by atoms with Crippen molar-refractivity contribution in [2.24, 2.45) is 0 Å². The molecule has 0 heterocycles. The molecule has 0 bridgehead atoms. The van der Waals surface area contributed by atoms with Gasteiger partial charge in [0, 0.05) is 0 Å². The topological polar surface area (TPSA) is 74.6 Å². The summed E-state index contributed by atoms with van der Waals surface area (Å²) in [7, 11) is -4.67. The first-order valence-electron chi connectivity index (χ1n) is 0.698. The molecule has 2 N–H and O–H groups in total. The van der Waals surface area contributed by atoms with Crippen molar-refractivity contribution in [1.82, 2.24) is 0 Å². The van der Waals surface area contributed by atoms with Gasteiger partial charge in [-0.2, -0.15) is 8.42 Å². The summed E-state index contributed by atoms with van der Waals surface area (Å²) in [5.74, 6) is 0. The summed E-state index contributed by atoms with van der Waals surface area (Å²) in [6.45, 7) is 0. The predicted molar refractivity (Wildman–Crippen MR) is 43.9 cm³/mol. The summed E-state index contributed by atoms with van der Waals surface area (Å²) in [4.78, 5) is 0. The Morgan fingerprint density at radius 3 is 1.00 bits per heavy atom. The van der Waals surface area contributed by atoms with E-state index in [1.165, 1.54) is 0 Å². The van der Waals surface area contributed by atoms with Gasteiger partial charge >= 0.3 is 69.5 Å². The second kappa shape index (κ2) is 9.60. The van der Waals surface area contributed by atoms with Gasteiger partial charge in [0.05, 0.1) is 0 Å². The first-order chi connectivity index (χ1) is 2.00. The summed E-state index contributed by atoms with van der Waals surface area (Å²) >= 11 is 0. The standard InChI is InChI=1S/HI.2Na.H2O4S.2H/c;;;1-5(2,3)4;;/h1H;;;(H2,1,2,3,4);;. The van der Waals surface area contributed by atoms with E-state index in [4.69, 9.17) is 17.5 Å². The van der Waals surface area contributed by atoms with Gasteiger partial charge in [-0.05, 0) is 0 Å². The van der Waals surface area contributed by atoms with Crippen molar-refractivity contribution in [3.8, 4) is 0 Å². The van der Waals surface area contributed by atoms with E-state index >= 15 is 0 Å². The molecule has 0 radical (unpaired) electrons. The zero-order valence-corrected chi connectivity index (χ0v) is 5.67. The molecule has 0 aromatic carbocycles. The van der Waals surface area contributed by atoms with E-state index in [9.17, 15) is 0 Å². The summed E-state index contributed by atoms with van der Waals surface area (Å²) in [6, 6.07) is 0. The Hall–Kier alpha value is 2.60. The number of halogens is 1. The zero-order chi connectivity index (χ0) is 4.50. The van der Waals surface area contributed by atoms with Crippen LogP contribution in [0.3, 0.4) is 0 Å². The van der Waals surface area contributed by atoms with Gasteiger partial charge in [-0.15, -0.1) is 24.0 Å². The summed E-state index contributed by atoms with van der Waals surface area (Å²) in [5.41, 5.74) is 0. The van der Waals surface area contributed by atoms with Gasteiger partial charge in [0.1, 0.15) is 0 Å². The molecule has 0 amide bonds. The van der Waals surface area contributed by atoms with E-state index in [0.717, 1.165) is 0 Å². The van der Waals surface area contributed by atoms with Crippen molar-refractivity contribution in [3.05, 3.63) is 0 Å². The average Bonchev–Trinajstić information content (AvgIpc) is 0.722. The average molecular weight is 274 g/mol. The minimum absolute atomic E-state index is 0. The summed E-state index contributed by atoms with van der Waals surface area (Å²) < 4.78 is 31.6. The molecular formula is H5INa2O4S. The maximum absolute atomic E-state index is 8.74. The van der Waals surface area contributed by atoms with E-state index in [2.05, 4.69) is 0 Å². The fourth-order valence-electron chi connectivity index (χ4n) is 0. The van der Waals surface area contributed by atoms with Crippen molar-refractivity contribution in [2.75, 3.05) is 0 Å². The molecular weight excluding hydrogens is 269 g/mol. The van der Waals surface area contributed by atoms with Crippen molar-refractivity contribution in [1.29, 1.82) is 0 Å². The van der Waals surface area contributed by atoms with E-state index in [0.29, 0.717) is 0 Å². The molecule has 0 saturated heterocycles. The molecule has 0 saturated carbocycles. The molecule has 0 unspecified atom stereocenters. The zero-order valence-electron chi connectivity index (χ0n) is 2.53. The third kappa shape index (κ3) is 73.5. The molecule has 0 aromatic rings. The third-order valence-electron chi connectivity index (χ3n) is 0. The quantitative estimate of drug-likeness (QED) is 0.326. The van der Waals surface area contributed by atoms with E-state index in [-0.39, 0.29) is 83.1 Å². The number of rotatable bonds is 0. The maximum atomic E-state index is 8.74. The first-order valence-corrected chi connectivity index (χ1v) is 2.10. The second-order valence-electron chi connectivity index (χ2n) is 0.448. The van der Waals surface area contributed by atoms with Gasteiger partial charge in [-0.25, -0.2) is 0 Å². The Morgan fingerprint density at radius 1 is 1.00 bits per heavy atom. The molecule has 0 aliphatic heterocycles. The van der Waals surface area contributed by atoms with Crippen molar-refractivity contribution < 1.29 is 17.5 Å². The molecule has 8 heavy (non-hydrogen) atoms. The Balaban J connectivity index is -0.0000000267. The van der Waals surface area contributed by atoms with Crippen molar-refractivity contribution >= 4 is 93.5 Å². The van der Waals surface area contributed by atoms with Crippen LogP contribution in [0.1, 0.15) is 0 Å². The fourth-order valence-corrected chi connectivity index (χ4v) is 0. The molecule has 0 spiro atoms.